The van der Waals surface area contributed by atoms with Crippen molar-refractivity contribution in [1.82, 2.24) is 0 Å². The minimum absolute atomic E-state index is 0.0542. The van der Waals surface area contributed by atoms with Gasteiger partial charge in [-0.3, -0.25) is 9.59 Å². The first-order valence-corrected chi connectivity index (χ1v) is 7.16. The average Bonchev–Trinajstić information content (AvgIpc) is 3.22. The van der Waals surface area contributed by atoms with E-state index in [-0.39, 0.29) is 27.9 Å². The summed E-state index contributed by atoms with van der Waals surface area (Å²) in [6.45, 7) is 2.18. The second-order valence-electron chi connectivity index (χ2n) is 4.58. The van der Waals surface area contributed by atoms with Crippen molar-refractivity contribution in [3.05, 3.63) is 45.6 Å². The molecule has 1 aliphatic rings. The molecule has 1 saturated carbocycles. The van der Waals surface area contributed by atoms with Crippen LogP contribution in [0.1, 0.15) is 30.1 Å². The van der Waals surface area contributed by atoms with Gasteiger partial charge in [-0.25, -0.2) is 0 Å². The number of rotatable bonds is 6. The fraction of sp³-hybridized carbons (Fsp3) is 0.333. The van der Waals surface area contributed by atoms with Crippen LogP contribution in [0, 0.1) is 5.92 Å². The lowest BCUT2D eigenvalue weighted by atomic mass is 9.98. The van der Waals surface area contributed by atoms with Gasteiger partial charge in [0.2, 0.25) is 5.78 Å². The maximum absolute atomic E-state index is 12.5. The number of hydrogen-bond donors (Lipinski definition) is 0. The molecule has 0 aliphatic heterocycles. The molecule has 20 heavy (non-hydrogen) atoms. The van der Waals surface area contributed by atoms with Crippen LogP contribution >= 0.6 is 23.2 Å². The molecular weight excluding hydrogens is 299 g/mol. The Morgan fingerprint density at radius 1 is 1.35 bits per heavy atom. The van der Waals surface area contributed by atoms with E-state index in [1.54, 1.807) is 13.0 Å². The standard InChI is InChI=1S/C15H14Cl2O3/c1-2-20-8-12(14(18)9-3-4-9)15(19)11-6-5-10(16)7-13(11)17/h5-9H,2-4H2,1H3/b12-8-. The molecule has 0 amide bonds. The quantitative estimate of drug-likeness (QED) is 0.261. The molecule has 1 fully saturated rings. The van der Waals surface area contributed by atoms with Crippen LogP contribution in [0.15, 0.2) is 30.0 Å². The van der Waals surface area contributed by atoms with Crippen LogP contribution in [0.2, 0.25) is 10.0 Å². The van der Waals surface area contributed by atoms with Gasteiger partial charge in [-0.15, -0.1) is 0 Å². The van der Waals surface area contributed by atoms with Gasteiger partial charge in [0, 0.05) is 16.5 Å². The minimum atomic E-state index is -0.419. The Labute approximate surface area is 127 Å². The predicted molar refractivity (Wildman–Crippen MR) is 78.2 cm³/mol. The van der Waals surface area contributed by atoms with E-state index in [1.165, 1.54) is 18.4 Å². The Bertz CT molecular complexity index is 574. The summed E-state index contributed by atoms with van der Waals surface area (Å²) in [5.41, 5.74) is 0.314. The number of Topliss-reactive ketones (excluding diaryl/α,β-unsaturated/α-hetero) is 2. The highest BCUT2D eigenvalue weighted by molar-refractivity contribution is 6.39. The summed E-state index contributed by atoms with van der Waals surface area (Å²) < 4.78 is 5.13. The van der Waals surface area contributed by atoms with E-state index in [0.717, 1.165) is 12.8 Å². The fourth-order valence-corrected chi connectivity index (χ4v) is 2.27. The first-order chi connectivity index (χ1) is 9.54. The molecule has 106 valence electrons. The van der Waals surface area contributed by atoms with Crippen molar-refractivity contribution >= 4 is 34.8 Å². The number of hydrogen-bond acceptors (Lipinski definition) is 3. The van der Waals surface area contributed by atoms with Crippen LogP contribution in [-0.2, 0) is 9.53 Å². The Morgan fingerprint density at radius 3 is 2.60 bits per heavy atom. The lowest BCUT2D eigenvalue weighted by Gasteiger charge is -2.07. The molecule has 2 rings (SSSR count). The van der Waals surface area contributed by atoms with Crippen LogP contribution in [0.4, 0.5) is 0 Å². The van der Waals surface area contributed by atoms with Crippen molar-refractivity contribution in [2.45, 2.75) is 19.8 Å². The number of halogens is 2. The highest BCUT2D eigenvalue weighted by atomic mass is 35.5. The van der Waals surface area contributed by atoms with Gasteiger partial charge in [-0.2, -0.15) is 0 Å². The van der Waals surface area contributed by atoms with Gasteiger partial charge in [0.25, 0.3) is 0 Å². The minimum Gasteiger partial charge on any atom is -0.501 e. The van der Waals surface area contributed by atoms with Gasteiger partial charge in [-0.05, 0) is 38.0 Å². The van der Waals surface area contributed by atoms with E-state index in [1.807, 2.05) is 0 Å². The zero-order valence-electron chi connectivity index (χ0n) is 11.0. The maximum Gasteiger partial charge on any atom is 0.201 e. The largest absolute Gasteiger partial charge is 0.501 e. The summed E-state index contributed by atoms with van der Waals surface area (Å²) in [5.74, 6) is -0.650. The summed E-state index contributed by atoms with van der Waals surface area (Å²) in [6.07, 6.45) is 2.89. The fourth-order valence-electron chi connectivity index (χ4n) is 1.77. The first kappa shape index (κ1) is 15.1. The predicted octanol–water partition coefficient (Wildman–Crippen LogP) is 4.08. The molecule has 0 atom stereocenters. The van der Waals surface area contributed by atoms with Crippen LogP contribution in [0.5, 0.6) is 0 Å². The van der Waals surface area contributed by atoms with Gasteiger partial charge in [0.05, 0.1) is 17.9 Å². The molecule has 0 spiro atoms. The van der Waals surface area contributed by atoms with Crippen LogP contribution in [0.25, 0.3) is 0 Å². The highest BCUT2D eigenvalue weighted by Crippen LogP contribution is 2.34. The maximum atomic E-state index is 12.5. The molecule has 0 aromatic heterocycles. The van der Waals surface area contributed by atoms with Crippen molar-refractivity contribution in [2.24, 2.45) is 5.92 Å². The van der Waals surface area contributed by atoms with Crippen molar-refractivity contribution in [3.63, 3.8) is 0 Å². The Kier molecular flexibility index (Phi) is 4.84. The Morgan fingerprint density at radius 2 is 2.05 bits per heavy atom. The molecular formula is C15H14Cl2O3. The second-order valence-corrected chi connectivity index (χ2v) is 5.42. The number of carbonyl (C=O) groups excluding carboxylic acids is 2. The monoisotopic (exact) mass is 312 g/mol. The molecule has 0 unspecified atom stereocenters. The first-order valence-electron chi connectivity index (χ1n) is 6.40. The Balaban J connectivity index is 2.32. The second kappa shape index (κ2) is 6.42. The molecule has 1 aromatic carbocycles. The van der Waals surface area contributed by atoms with Gasteiger partial charge < -0.3 is 4.74 Å². The van der Waals surface area contributed by atoms with Crippen molar-refractivity contribution < 1.29 is 14.3 Å². The summed E-state index contributed by atoms with van der Waals surface area (Å²) in [6, 6.07) is 4.57. The van der Waals surface area contributed by atoms with Gasteiger partial charge in [0.15, 0.2) is 5.78 Å². The van der Waals surface area contributed by atoms with Crippen LogP contribution in [-0.4, -0.2) is 18.2 Å². The normalized spacial score (nSPS) is 15.1. The van der Waals surface area contributed by atoms with Crippen molar-refractivity contribution in [2.75, 3.05) is 6.61 Å². The summed E-state index contributed by atoms with van der Waals surface area (Å²) in [4.78, 5) is 24.6. The topological polar surface area (TPSA) is 43.4 Å². The molecule has 0 heterocycles. The number of benzene rings is 1. The molecule has 1 aliphatic carbocycles. The number of ether oxygens (including phenoxy) is 1. The highest BCUT2D eigenvalue weighted by Gasteiger charge is 2.35. The van der Waals surface area contributed by atoms with Crippen LogP contribution in [0.3, 0.4) is 0 Å². The van der Waals surface area contributed by atoms with E-state index < -0.39 is 5.78 Å². The zero-order valence-corrected chi connectivity index (χ0v) is 12.5. The van der Waals surface area contributed by atoms with Gasteiger partial charge in [0.1, 0.15) is 5.57 Å². The molecule has 3 nitrogen and oxygen atoms in total. The van der Waals surface area contributed by atoms with Gasteiger partial charge >= 0.3 is 0 Å². The van der Waals surface area contributed by atoms with E-state index in [9.17, 15) is 9.59 Å². The SMILES string of the molecule is CCO/C=C(\C(=O)c1ccc(Cl)cc1Cl)C(=O)C1CC1. The number of ketones is 2. The third-order valence-corrected chi connectivity index (χ3v) is 3.55. The molecule has 1 aromatic rings. The average molecular weight is 313 g/mol. The number of carbonyl (C=O) groups is 2. The zero-order chi connectivity index (χ0) is 14.7. The molecule has 0 saturated heterocycles. The summed E-state index contributed by atoms with van der Waals surface area (Å²) in [7, 11) is 0. The third-order valence-electron chi connectivity index (χ3n) is 3.00. The lowest BCUT2D eigenvalue weighted by Crippen LogP contribution is -2.16. The van der Waals surface area contributed by atoms with E-state index in [4.69, 9.17) is 27.9 Å². The number of allylic oxidation sites excluding steroid dienone is 1. The van der Waals surface area contributed by atoms with Gasteiger partial charge in [-0.1, -0.05) is 23.2 Å². The van der Waals surface area contributed by atoms with E-state index in [2.05, 4.69) is 0 Å². The smallest absolute Gasteiger partial charge is 0.201 e. The molecule has 0 bridgehead atoms. The summed E-state index contributed by atoms with van der Waals surface area (Å²) in [5, 5.41) is 0.670. The lowest BCUT2D eigenvalue weighted by molar-refractivity contribution is -0.116. The Hall–Kier alpha value is -1.32. The summed E-state index contributed by atoms with van der Waals surface area (Å²) >= 11 is 11.8. The van der Waals surface area contributed by atoms with E-state index >= 15 is 0 Å². The third kappa shape index (κ3) is 3.41. The van der Waals surface area contributed by atoms with Crippen molar-refractivity contribution in [1.29, 1.82) is 0 Å². The molecule has 0 radical (unpaired) electrons. The van der Waals surface area contributed by atoms with E-state index in [0.29, 0.717) is 11.6 Å². The van der Waals surface area contributed by atoms with Crippen molar-refractivity contribution in [3.8, 4) is 0 Å². The molecule has 0 N–H and O–H groups in total. The van der Waals surface area contributed by atoms with Crippen LogP contribution < -0.4 is 0 Å². The molecule has 5 heteroatoms.